The van der Waals surface area contributed by atoms with E-state index in [1.165, 1.54) is 0 Å². The van der Waals surface area contributed by atoms with E-state index in [9.17, 15) is 0 Å². The summed E-state index contributed by atoms with van der Waals surface area (Å²) in [6.07, 6.45) is 0. The number of nitrogens with two attached hydrogens (primary N) is 1. The van der Waals surface area contributed by atoms with E-state index < -0.39 is 0 Å². The van der Waals surface area contributed by atoms with Crippen molar-refractivity contribution < 1.29 is 4.74 Å². The van der Waals surface area contributed by atoms with Crippen molar-refractivity contribution in [1.29, 1.82) is 0 Å². The van der Waals surface area contributed by atoms with Crippen LogP contribution >= 0.6 is 15.9 Å². The molecule has 0 bridgehead atoms. The molecule has 2 aromatic rings. The summed E-state index contributed by atoms with van der Waals surface area (Å²) in [5.74, 6) is 0.864. The van der Waals surface area contributed by atoms with Crippen LogP contribution in [-0.4, -0.2) is 11.7 Å². The predicted molar refractivity (Wildman–Crippen MR) is 65.1 cm³/mol. The summed E-state index contributed by atoms with van der Waals surface area (Å²) in [6, 6.07) is 6.11. The van der Waals surface area contributed by atoms with Gasteiger partial charge >= 0.3 is 0 Å². The van der Waals surface area contributed by atoms with Crippen LogP contribution in [0.2, 0.25) is 0 Å². The first kappa shape index (κ1) is 10.5. The fraction of sp³-hybridized carbons (Fsp3) is 0.273. The molecule has 0 aliphatic heterocycles. The number of aryl methyl sites for hydroxylation is 1. The van der Waals surface area contributed by atoms with Gasteiger partial charge in [-0.2, -0.15) is 0 Å². The quantitative estimate of drug-likeness (QED) is 0.909. The number of ether oxygens (including phenoxy) is 1. The highest BCUT2D eigenvalue weighted by atomic mass is 79.9. The third-order valence-corrected chi connectivity index (χ3v) is 3.27. The molecule has 4 heteroatoms. The SMILES string of the molecule is COc1c(Br)ccc2c1cc(CN)n2C. The largest absolute Gasteiger partial charge is 0.495 e. The van der Waals surface area contributed by atoms with E-state index in [-0.39, 0.29) is 0 Å². The fourth-order valence-corrected chi connectivity index (χ4v) is 2.32. The van der Waals surface area contributed by atoms with Crippen molar-refractivity contribution in [2.45, 2.75) is 6.54 Å². The van der Waals surface area contributed by atoms with Crippen LogP contribution in [0.3, 0.4) is 0 Å². The molecule has 1 aromatic carbocycles. The Morgan fingerprint density at radius 2 is 2.20 bits per heavy atom. The lowest BCUT2D eigenvalue weighted by molar-refractivity contribution is 0.417. The summed E-state index contributed by atoms with van der Waals surface area (Å²) in [6.45, 7) is 0.534. The van der Waals surface area contributed by atoms with E-state index in [2.05, 4.69) is 32.6 Å². The molecule has 0 atom stereocenters. The van der Waals surface area contributed by atoms with Crippen LogP contribution in [0.4, 0.5) is 0 Å². The molecule has 80 valence electrons. The first-order valence-corrected chi connectivity index (χ1v) is 5.49. The zero-order valence-electron chi connectivity index (χ0n) is 8.75. The lowest BCUT2D eigenvalue weighted by Crippen LogP contribution is -2.02. The van der Waals surface area contributed by atoms with E-state index in [1.54, 1.807) is 7.11 Å². The standard InChI is InChI=1S/C11H13BrN2O/c1-14-7(6-13)5-8-10(14)4-3-9(12)11(8)15-2/h3-5H,6,13H2,1-2H3. The summed E-state index contributed by atoms with van der Waals surface area (Å²) in [4.78, 5) is 0. The topological polar surface area (TPSA) is 40.2 Å². The van der Waals surface area contributed by atoms with Crippen molar-refractivity contribution in [3.63, 3.8) is 0 Å². The Morgan fingerprint density at radius 3 is 2.80 bits per heavy atom. The third-order valence-electron chi connectivity index (χ3n) is 2.64. The van der Waals surface area contributed by atoms with Gasteiger partial charge in [0.25, 0.3) is 0 Å². The van der Waals surface area contributed by atoms with Crippen LogP contribution < -0.4 is 10.5 Å². The Labute approximate surface area is 96.9 Å². The summed E-state index contributed by atoms with van der Waals surface area (Å²) in [5, 5.41) is 1.09. The minimum Gasteiger partial charge on any atom is -0.495 e. The van der Waals surface area contributed by atoms with Gasteiger partial charge in [-0.25, -0.2) is 0 Å². The molecule has 15 heavy (non-hydrogen) atoms. The molecule has 3 nitrogen and oxygen atoms in total. The van der Waals surface area contributed by atoms with E-state index in [4.69, 9.17) is 10.5 Å². The van der Waals surface area contributed by atoms with Gasteiger partial charge in [-0.1, -0.05) is 0 Å². The number of benzene rings is 1. The van der Waals surface area contributed by atoms with E-state index in [0.29, 0.717) is 6.54 Å². The minimum atomic E-state index is 0.534. The molecule has 0 aliphatic carbocycles. The maximum atomic E-state index is 5.67. The molecule has 0 saturated heterocycles. The zero-order chi connectivity index (χ0) is 11.0. The van der Waals surface area contributed by atoms with Gasteiger partial charge in [0.05, 0.1) is 17.1 Å². The second-order valence-corrected chi connectivity index (χ2v) is 4.27. The van der Waals surface area contributed by atoms with E-state index >= 15 is 0 Å². The molecule has 1 heterocycles. The zero-order valence-corrected chi connectivity index (χ0v) is 10.3. The minimum absolute atomic E-state index is 0.534. The molecule has 0 unspecified atom stereocenters. The Bertz CT molecular complexity index is 505. The number of hydrogen-bond acceptors (Lipinski definition) is 2. The number of rotatable bonds is 2. The number of methoxy groups -OCH3 is 1. The molecule has 0 aliphatic rings. The van der Waals surface area contributed by atoms with Gasteiger partial charge in [0.15, 0.2) is 0 Å². The van der Waals surface area contributed by atoms with Crippen molar-refractivity contribution in [3.8, 4) is 5.75 Å². The number of nitrogens with zero attached hydrogens (tertiary/aromatic N) is 1. The van der Waals surface area contributed by atoms with Gasteiger partial charge in [-0.15, -0.1) is 0 Å². The van der Waals surface area contributed by atoms with Crippen molar-refractivity contribution in [3.05, 3.63) is 28.4 Å². The lowest BCUT2D eigenvalue weighted by Gasteiger charge is -2.05. The molecule has 0 saturated carbocycles. The van der Waals surface area contributed by atoms with Crippen LogP contribution in [0.1, 0.15) is 5.69 Å². The Morgan fingerprint density at radius 1 is 1.47 bits per heavy atom. The van der Waals surface area contributed by atoms with Crippen LogP contribution in [0.5, 0.6) is 5.75 Å². The number of fused-ring (bicyclic) bond motifs is 1. The highest BCUT2D eigenvalue weighted by molar-refractivity contribution is 9.10. The highest BCUT2D eigenvalue weighted by Crippen LogP contribution is 2.34. The molecule has 1 aromatic heterocycles. The Hall–Kier alpha value is -1.00. The molecular formula is C11H13BrN2O. The molecular weight excluding hydrogens is 256 g/mol. The van der Waals surface area contributed by atoms with Gasteiger partial charge in [0, 0.05) is 24.7 Å². The van der Waals surface area contributed by atoms with Gasteiger partial charge in [-0.05, 0) is 34.1 Å². The average Bonchev–Trinajstić information content (AvgIpc) is 2.55. The first-order valence-electron chi connectivity index (χ1n) is 4.70. The second-order valence-electron chi connectivity index (χ2n) is 3.41. The van der Waals surface area contributed by atoms with Crippen LogP contribution in [0, 0.1) is 0 Å². The van der Waals surface area contributed by atoms with Gasteiger partial charge in [0.2, 0.25) is 0 Å². The van der Waals surface area contributed by atoms with Crippen LogP contribution in [-0.2, 0) is 13.6 Å². The molecule has 0 amide bonds. The fourth-order valence-electron chi connectivity index (χ4n) is 1.82. The first-order chi connectivity index (χ1) is 7.19. The molecule has 0 spiro atoms. The maximum Gasteiger partial charge on any atom is 0.142 e. The van der Waals surface area contributed by atoms with E-state index in [1.807, 2.05) is 13.1 Å². The molecule has 0 radical (unpaired) electrons. The molecule has 2 N–H and O–H groups in total. The maximum absolute atomic E-state index is 5.67. The normalized spacial score (nSPS) is 10.9. The monoisotopic (exact) mass is 268 g/mol. The van der Waals surface area contributed by atoms with Crippen molar-refractivity contribution in [1.82, 2.24) is 4.57 Å². The van der Waals surface area contributed by atoms with Crippen molar-refractivity contribution in [2.24, 2.45) is 12.8 Å². The second kappa shape index (κ2) is 3.87. The number of halogens is 1. The van der Waals surface area contributed by atoms with E-state index in [0.717, 1.165) is 26.8 Å². The summed E-state index contributed by atoms with van der Waals surface area (Å²) in [7, 11) is 3.69. The lowest BCUT2D eigenvalue weighted by atomic mass is 10.2. The third kappa shape index (κ3) is 1.54. The molecule has 2 rings (SSSR count). The summed E-state index contributed by atoms with van der Waals surface area (Å²) < 4.78 is 8.42. The van der Waals surface area contributed by atoms with Crippen molar-refractivity contribution >= 4 is 26.8 Å². The van der Waals surface area contributed by atoms with Gasteiger partial charge in [0.1, 0.15) is 5.75 Å². The average molecular weight is 269 g/mol. The smallest absolute Gasteiger partial charge is 0.142 e. The molecule has 0 fully saturated rings. The highest BCUT2D eigenvalue weighted by Gasteiger charge is 2.11. The summed E-state index contributed by atoms with van der Waals surface area (Å²) >= 11 is 3.47. The van der Waals surface area contributed by atoms with Crippen LogP contribution in [0.15, 0.2) is 22.7 Å². The number of hydrogen-bond donors (Lipinski definition) is 1. The number of aromatic nitrogens is 1. The van der Waals surface area contributed by atoms with Gasteiger partial charge in [-0.3, -0.25) is 0 Å². The Balaban J connectivity index is 2.82. The van der Waals surface area contributed by atoms with Gasteiger partial charge < -0.3 is 15.0 Å². The summed E-state index contributed by atoms with van der Waals surface area (Å²) in [5.41, 5.74) is 7.90. The Kier molecular flexibility index (Phi) is 2.71. The van der Waals surface area contributed by atoms with Crippen molar-refractivity contribution in [2.75, 3.05) is 7.11 Å². The van der Waals surface area contributed by atoms with Crippen LogP contribution in [0.25, 0.3) is 10.9 Å². The predicted octanol–water partition coefficient (Wildman–Crippen LogP) is 2.41.